The summed E-state index contributed by atoms with van der Waals surface area (Å²) in [5, 5.41) is 0. The molecule has 0 N–H and O–H groups in total. The maximum Gasteiger partial charge on any atom is 0.494 e. The van der Waals surface area contributed by atoms with Crippen molar-refractivity contribution >= 4 is 18.2 Å². The summed E-state index contributed by atoms with van der Waals surface area (Å²) in [6.07, 6.45) is 1.95. The minimum absolute atomic E-state index is 0.323. The van der Waals surface area contributed by atoms with Gasteiger partial charge in [-0.05, 0) is 57.3 Å². The van der Waals surface area contributed by atoms with E-state index in [1.54, 1.807) is 0 Å². The molecule has 0 aromatic heterocycles. The van der Waals surface area contributed by atoms with Gasteiger partial charge >= 0.3 is 7.12 Å². The van der Waals surface area contributed by atoms with Gasteiger partial charge in [0.1, 0.15) is 0 Å². The van der Waals surface area contributed by atoms with Crippen molar-refractivity contribution in [2.24, 2.45) is 0 Å². The first kappa shape index (κ1) is 17.8. The lowest BCUT2D eigenvalue weighted by molar-refractivity contribution is 0.00578. The molecule has 1 heterocycles. The van der Waals surface area contributed by atoms with E-state index >= 15 is 0 Å². The highest BCUT2D eigenvalue weighted by Crippen LogP contribution is 2.36. The topological polar surface area (TPSA) is 18.5 Å². The van der Waals surface area contributed by atoms with Crippen molar-refractivity contribution in [1.29, 1.82) is 0 Å². The Labute approximate surface area is 151 Å². The van der Waals surface area contributed by atoms with E-state index in [1.807, 2.05) is 31.2 Å². The molecule has 128 valence electrons. The summed E-state index contributed by atoms with van der Waals surface area (Å²) in [6, 6.07) is 18.7. The number of hydrogen-bond donors (Lipinski definition) is 0. The van der Waals surface area contributed by atoms with Gasteiger partial charge in [-0.1, -0.05) is 54.6 Å². The third-order valence-electron chi connectivity index (χ3n) is 5.08. The van der Waals surface area contributed by atoms with E-state index in [0.717, 1.165) is 22.2 Å². The molecule has 0 saturated carbocycles. The van der Waals surface area contributed by atoms with Crippen LogP contribution in [-0.2, 0) is 9.31 Å². The summed E-state index contributed by atoms with van der Waals surface area (Å²) < 4.78 is 12.3. The quantitative estimate of drug-likeness (QED) is 0.604. The van der Waals surface area contributed by atoms with Crippen LogP contribution in [-0.4, -0.2) is 18.3 Å². The summed E-state index contributed by atoms with van der Waals surface area (Å²) in [7, 11) is -0.329. The lowest BCUT2D eigenvalue weighted by Gasteiger charge is -2.32. The molecule has 0 unspecified atom stereocenters. The second kappa shape index (κ2) is 6.69. The van der Waals surface area contributed by atoms with Crippen LogP contribution in [0.1, 0.15) is 45.7 Å². The van der Waals surface area contributed by atoms with Crippen molar-refractivity contribution in [3.05, 3.63) is 77.5 Å². The molecule has 0 radical (unpaired) electrons. The molecule has 1 aliphatic rings. The number of rotatable bonds is 3. The second-order valence-electron chi connectivity index (χ2n) is 7.38. The van der Waals surface area contributed by atoms with E-state index in [9.17, 15) is 0 Å². The predicted molar refractivity (Wildman–Crippen MR) is 105 cm³/mol. The van der Waals surface area contributed by atoms with Crippen LogP contribution >= 0.6 is 0 Å². The first-order chi connectivity index (χ1) is 11.8. The van der Waals surface area contributed by atoms with Crippen LogP contribution in [0.2, 0.25) is 0 Å². The van der Waals surface area contributed by atoms with Crippen molar-refractivity contribution in [2.45, 2.75) is 45.8 Å². The molecule has 0 bridgehead atoms. The fourth-order valence-corrected chi connectivity index (χ4v) is 2.87. The zero-order valence-corrected chi connectivity index (χ0v) is 15.7. The summed E-state index contributed by atoms with van der Waals surface area (Å²) >= 11 is 0. The van der Waals surface area contributed by atoms with Gasteiger partial charge in [0, 0.05) is 5.57 Å². The van der Waals surface area contributed by atoms with Gasteiger partial charge in [0.25, 0.3) is 0 Å². The highest BCUT2D eigenvalue weighted by Gasteiger charge is 2.51. The Hall–Kier alpha value is -2.06. The Bertz CT molecular complexity index is 782. The molecule has 3 heteroatoms. The Balaban J connectivity index is 1.89. The highest BCUT2D eigenvalue weighted by atomic mass is 16.7. The predicted octanol–water partition coefficient (Wildman–Crippen LogP) is 4.59. The van der Waals surface area contributed by atoms with Gasteiger partial charge in [0.15, 0.2) is 0 Å². The first-order valence-corrected chi connectivity index (χ1v) is 8.77. The van der Waals surface area contributed by atoms with Crippen LogP contribution in [0.15, 0.2) is 66.4 Å². The molecule has 0 aliphatic carbocycles. The number of benzene rings is 2. The average Bonchev–Trinajstić information content (AvgIpc) is 2.81. The van der Waals surface area contributed by atoms with Gasteiger partial charge in [-0.3, -0.25) is 0 Å². The number of allylic oxidation sites excluding steroid dienone is 1. The molecule has 1 fully saturated rings. The van der Waals surface area contributed by atoms with E-state index < -0.39 is 0 Å². The molecule has 2 aromatic carbocycles. The van der Waals surface area contributed by atoms with Crippen molar-refractivity contribution in [2.75, 3.05) is 0 Å². The Kier molecular flexibility index (Phi) is 4.75. The van der Waals surface area contributed by atoms with Gasteiger partial charge in [0.2, 0.25) is 0 Å². The second-order valence-corrected chi connectivity index (χ2v) is 7.38. The average molecular weight is 332 g/mol. The van der Waals surface area contributed by atoms with Crippen molar-refractivity contribution < 1.29 is 9.31 Å². The molecule has 25 heavy (non-hydrogen) atoms. The summed E-state index contributed by atoms with van der Waals surface area (Å²) in [4.78, 5) is 0. The molecule has 3 rings (SSSR count). The number of hydrogen-bond acceptors (Lipinski definition) is 2. The van der Waals surface area contributed by atoms with Crippen molar-refractivity contribution in [3.63, 3.8) is 0 Å². The van der Waals surface area contributed by atoms with Gasteiger partial charge < -0.3 is 9.31 Å². The van der Waals surface area contributed by atoms with Gasteiger partial charge in [-0.25, -0.2) is 0 Å². The summed E-state index contributed by atoms with van der Waals surface area (Å²) in [6.45, 7) is 10.3. The van der Waals surface area contributed by atoms with E-state index in [0.29, 0.717) is 0 Å². The van der Waals surface area contributed by atoms with Crippen LogP contribution < -0.4 is 5.46 Å². The molecule has 2 nitrogen and oxygen atoms in total. The van der Waals surface area contributed by atoms with Gasteiger partial charge in [-0.15, -0.1) is 5.73 Å². The molecule has 1 saturated heterocycles. The highest BCUT2D eigenvalue weighted by molar-refractivity contribution is 6.62. The molecule has 0 amide bonds. The lowest BCUT2D eigenvalue weighted by Crippen LogP contribution is -2.41. The standard InChI is InChI=1S/C22H25BO2/c1-6-10-20(17-11-8-7-9-12-17)18-13-15-19(16-14-18)23-24-21(2,3)22(4,5)25-23/h6-9,11-16H,1-5H3. The van der Waals surface area contributed by atoms with Crippen molar-refractivity contribution in [3.8, 4) is 0 Å². The minimum atomic E-state index is -0.329. The first-order valence-electron chi connectivity index (χ1n) is 8.77. The van der Waals surface area contributed by atoms with Crippen LogP contribution in [0, 0.1) is 0 Å². The molecular formula is C22H25BO2. The zero-order valence-electron chi connectivity index (χ0n) is 15.7. The SMILES string of the molecule is CC=C=C(c1ccccc1)c1ccc(B2OC(C)(C)C(C)(C)O2)cc1. The normalized spacial score (nSPS) is 17.9. The Morgan fingerprint density at radius 2 is 1.36 bits per heavy atom. The zero-order chi connectivity index (χ0) is 18.1. The van der Waals surface area contributed by atoms with Crippen LogP contribution in [0.25, 0.3) is 5.57 Å². The Morgan fingerprint density at radius 3 is 1.88 bits per heavy atom. The third-order valence-corrected chi connectivity index (χ3v) is 5.08. The smallest absolute Gasteiger partial charge is 0.399 e. The molecule has 1 aliphatic heterocycles. The monoisotopic (exact) mass is 332 g/mol. The van der Waals surface area contributed by atoms with E-state index in [-0.39, 0.29) is 18.3 Å². The minimum Gasteiger partial charge on any atom is -0.399 e. The summed E-state index contributed by atoms with van der Waals surface area (Å²) in [5.41, 5.74) is 7.12. The fraction of sp³-hybridized carbons (Fsp3) is 0.318. The largest absolute Gasteiger partial charge is 0.494 e. The lowest BCUT2D eigenvalue weighted by atomic mass is 9.78. The van der Waals surface area contributed by atoms with E-state index in [2.05, 4.69) is 69.8 Å². The van der Waals surface area contributed by atoms with Crippen LogP contribution in [0.3, 0.4) is 0 Å². The maximum absolute atomic E-state index is 6.13. The van der Waals surface area contributed by atoms with Gasteiger partial charge in [0.05, 0.1) is 11.2 Å². The molecule has 0 spiro atoms. The molecule has 0 atom stereocenters. The Morgan fingerprint density at radius 1 is 0.840 bits per heavy atom. The molecule has 2 aromatic rings. The molecular weight excluding hydrogens is 307 g/mol. The summed E-state index contributed by atoms with van der Waals surface area (Å²) in [5.74, 6) is 0. The van der Waals surface area contributed by atoms with Crippen LogP contribution in [0.4, 0.5) is 0 Å². The van der Waals surface area contributed by atoms with Crippen LogP contribution in [0.5, 0.6) is 0 Å². The third kappa shape index (κ3) is 3.50. The fourth-order valence-electron chi connectivity index (χ4n) is 2.87. The van der Waals surface area contributed by atoms with Crippen molar-refractivity contribution in [1.82, 2.24) is 0 Å². The van der Waals surface area contributed by atoms with E-state index in [4.69, 9.17) is 9.31 Å². The maximum atomic E-state index is 6.13. The van der Waals surface area contributed by atoms with Gasteiger partial charge in [-0.2, -0.15) is 0 Å². The van der Waals surface area contributed by atoms with E-state index in [1.165, 1.54) is 0 Å².